The van der Waals surface area contributed by atoms with E-state index in [-0.39, 0.29) is 0 Å². The first kappa shape index (κ1) is 14.2. The normalized spacial score (nSPS) is 17.8. The fourth-order valence-electron chi connectivity index (χ4n) is 1.07. The van der Waals surface area contributed by atoms with Gasteiger partial charge in [-0.05, 0) is 19.3 Å². The van der Waals surface area contributed by atoms with E-state index in [0.29, 0.717) is 14.5 Å². The first-order chi connectivity index (χ1) is 6.11. The van der Waals surface area contributed by atoms with Crippen LogP contribution in [0.5, 0.6) is 0 Å². The van der Waals surface area contributed by atoms with Gasteiger partial charge in [0.1, 0.15) is 0 Å². The standard InChI is InChI=1S/C10H17Br3/c1-3-5-9(12)10(13)7-6-8(11)4-2/h4,8-10H,2-3,5-7H2,1H3. The van der Waals surface area contributed by atoms with Crippen molar-refractivity contribution in [3.63, 3.8) is 0 Å². The topological polar surface area (TPSA) is 0 Å². The molecule has 3 heteroatoms. The predicted molar refractivity (Wildman–Crippen MR) is 72.5 cm³/mol. The van der Waals surface area contributed by atoms with Crippen molar-refractivity contribution in [2.75, 3.05) is 0 Å². The van der Waals surface area contributed by atoms with Gasteiger partial charge in [-0.15, -0.1) is 6.58 Å². The summed E-state index contributed by atoms with van der Waals surface area (Å²) in [6.45, 7) is 5.96. The second-order valence-electron chi connectivity index (χ2n) is 3.15. The summed E-state index contributed by atoms with van der Waals surface area (Å²) in [6.07, 6.45) is 6.74. The lowest BCUT2D eigenvalue weighted by Crippen LogP contribution is -2.14. The van der Waals surface area contributed by atoms with Crippen molar-refractivity contribution in [3.05, 3.63) is 12.7 Å². The van der Waals surface area contributed by atoms with E-state index in [2.05, 4.69) is 61.3 Å². The molecule has 0 aliphatic rings. The van der Waals surface area contributed by atoms with Gasteiger partial charge < -0.3 is 0 Å². The van der Waals surface area contributed by atoms with Crippen molar-refractivity contribution >= 4 is 47.8 Å². The van der Waals surface area contributed by atoms with E-state index in [1.807, 2.05) is 6.08 Å². The van der Waals surface area contributed by atoms with Crippen molar-refractivity contribution in [3.8, 4) is 0 Å². The monoisotopic (exact) mass is 374 g/mol. The molecule has 3 atom stereocenters. The number of allylic oxidation sites excluding steroid dienone is 1. The zero-order valence-corrected chi connectivity index (χ0v) is 12.7. The maximum Gasteiger partial charge on any atom is 0.0323 e. The van der Waals surface area contributed by atoms with E-state index in [1.165, 1.54) is 19.3 Å². The molecular formula is C10H17Br3. The van der Waals surface area contributed by atoms with Crippen molar-refractivity contribution in [2.24, 2.45) is 0 Å². The zero-order valence-electron chi connectivity index (χ0n) is 7.98. The van der Waals surface area contributed by atoms with Gasteiger partial charge in [0.25, 0.3) is 0 Å². The van der Waals surface area contributed by atoms with E-state index >= 15 is 0 Å². The van der Waals surface area contributed by atoms with Gasteiger partial charge in [0.05, 0.1) is 0 Å². The van der Waals surface area contributed by atoms with E-state index in [4.69, 9.17) is 0 Å². The molecule has 0 rings (SSSR count). The van der Waals surface area contributed by atoms with Crippen molar-refractivity contribution in [1.82, 2.24) is 0 Å². The molecule has 0 aromatic heterocycles. The first-order valence-electron chi connectivity index (χ1n) is 4.66. The number of alkyl halides is 3. The average Bonchev–Trinajstić information content (AvgIpc) is 2.13. The van der Waals surface area contributed by atoms with Crippen molar-refractivity contribution in [2.45, 2.75) is 47.1 Å². The lowest BCUT2D eigenvalue weighted by molar-refractivity contribution is 0.658. The molecule has 0 aromatic rings. The van der Waals surface area contributed by atoms with Crippen LogP contribution in [-0.2, 0) is 0 Å². The van der Waals surface area contributed by atoms with Gasteiger partial charge in [0.2, 0.25) is 0 Å². The highest BCUT2D eigenvalue weighted by molar-refractivity contribution is 9.12. The minimum Gasteiger partial charge on any atom is -0.102 e. The third-order valence-electron chi connectivity index (χ3n) is 1.93. The van der Waals surface area contributed by atoms with Gasteiger partial charge in [-0.25, -0.2) is 0 Å². The Morgan fingerprint density at radius 1 is 1.08 bits per heavy atom. The molecule has 0 nitrogen and oxygen atoms in total. The Kier molecular flexibility index (Phi) is 9.26. The van der Waals surface area contributed by atoms with Crippen LogP contribution in [0.2, 0.25) is 0 Å². The Labute approximate surface area is 107 Å². The summed E-state index contributed by atoms with van der Waals surface area (Å²) in [4.78, 5) is 1.63. The van der Waals surface area contributed by atoms with Gasteiger partial charge in [-0.2, -0.15) is 0 Å². The second-order valence-corrected chi connectivity index (χ2v) is 6.68. The summed E-state index contributed by atoms with van der Waals surface area (Å²) >= 11 is 10.9. The molecule has 0 aliphatic heterocycles. The number of hydrogen-bond donors (Lipinski definition) is 0. The third kappa shape index (κ3) is 7.15. The molecule has 0 saturated heterocycles. The van der Waals surface area contributed by atoms with Crippen LogP contribution in [0, 0.1) is 0 Å². The van der Waals surface area contributed by atoms with Gasteiger partial charge in [0, 0.05) is 14.5 Å². The summed E-state index contributed by atoms with van der Waals surface area (Å²) in [5.74, 6) is 0. The molecule has 0 radical (unpaired) electrons. The highest BCUT2D eigenvalue weighted by Crippen LogP contribution is 2.25. The molecule has 78 valence electrons. The van der Waals surface area contributed by atoms with Crippen LogP contribution in [0.4, 0.5) is 0 Å². The highest BCUT2D eigenvalue weighted by Gasteiger charge is 2.15. The van der Waals surface area contributed by atoms with E-state index in [1.54, 1.807) is 0 Å². The van der Waals surface area contributed by atoms with Crippen LogP contribution in [0.3, 0.4) is 0 Å². The molecule has 0 bridgehead atoms. The number of hydrogen-bond acceptors (Lipinski definition) is 0. The van der Waals surface area contributed by atoms with Gasteiger partial charge in [-0.3, -0.25) is 0 Å². The van der Waals surface area contributed by atoms with Crippen molar-refractivity contribution in [1.29, 1.82) is 0 Å². The average molecular weight is 377 g/mol. The molecule has 0 heterocycles. The van der Waals surface area contributed by atoms with E-state index < -0.39 is 0 Å². The first-order valence-corrected chi connectivity index (χ1v) is 7.41. The Balaban J connectivity index is 3.60. The molecule has 0 spiro atoms. The van der Waals surface area contributed by atoms with Crippen LogP contribution in [-0.4, -0.2) is 14.5 Å². The molecular weight excluding hydrogens is 360 g/mol. The molecule has 0 saturated carbocycles. The third-order valence-corrected chi connectivity index (χ3v) is 5.66. The molecule has 13 heavy (non-hydrogen) atoms. The van der Waals surface area contributed by atoms with Crippen LogP contribution in [0.15, 0.2) is 12.7 Å². The zero-order chi connectivity index (χ0) is 10.3. The molecule has 0 aliphatic carbocycles. The molecule has 0 N–H and O–H groups in total. The van der Waals surface area contributed by atoms with Crippen LogP contribution in [0.1, 0.15) is 32.6 Å². The van der Waals surface area contributed by atoms with Gasteiger partial charge in [-0.1, -0.05) is 67.2 Å². The maximum absolute atomic E-state index is 3.75. The Hall–Kier alpha value is 1.18. The fraction of sp³-hybridized carbons (Fsp3) is 0.800. The summed E-state index contributed by atoms with van der Waals surface area (Å²) in [7, 11) is 0. The summed E-state index contributed by atoms with van der Waals surface area (Å²) in [5, 5.41) is 0. The van der Waals surface area contributed by atoms with E-state index in [9.17, 15) is 0 Å². The summed E-state index contributed by atoms with van der Waals surface area (Å²) in [5.41, 5.74) is 0. The van der Waals surface area contributed by atoms with E-state index in [0.717, 1.165) is 6.42 Å². The van der Waals surface area contributed by atoms with Crippen LogP contribution in [0.25, 0.3) is 0 Å². The Morgan fingerprint density at radius 2 is 1.62 bits per heavy atom. The predicted octanol–water partition coefficient (Wildman–Crippen LogP) is 5.04. The highest BCUT2D eigenvalue weighted by atomic mass is 79.9. The minimum atomic E-state index is 0.453. The molecule has 0 amide bonds. The van der Waals surface area contributed by atoms with Gasteiger partial charge in [0.15, 0.2) is 0 Å². The minimum absolute atomic E-state index is 0.453. The number of rotatable bonds is 7. The van der Waals surface area contributed by atoms with Crippen LogP contribution >= 0.6 is 47.8 Å². The second kappa shape index (κ2) is 8.49. The fourth-order valence-corrected chi connectivity index (χ4v) is 2.59. The lowest BCUT2D eigenvalue weighted by atomic mass is 10.1. The Bertz CT molecular complexity index is 136. The van der Waals surface area contributed by atoms with Crippen LogP contribution < -0.4 is 0 Å². The lowest BCUT2D eigenvalue weighted by Gasteiger charge is -2.16. The quantitative estimate of drug-likeness (QED) is 0.431. The molecule has 0 fully saturated rings. The largest absolute Gasteiger partial charge is 0.102 e. The number of halogens is 3. The maximum atomic E-state index is 3.75. The SMILES string of the molecule is C=CC(Br)CCC(Br)C(Br)CCC. The Morgan fingerprint density at radius 3 is 2.08 bits per heavy atom. The summed E-state index contributed by atoms with van der Waals surface area (Å²) in [6, 6.07) is 0. The molecule has 3 unspecified atom stereocenters. The summed E-state index contributed by atoms with van der Waals surface area (Å²) < 4.78 is 0. The van der Waals surface area contributed by atoms with Gasteiger partial charge >= 0.3 is 0 Å². The van der Waals surface area contributed by atoms with Crippen molar-refractivity contribution < 1.29 is 0 Å². The molecule has 0 aromatic carbocycles. The smallest absolute Gasteiger partial charge is 0.0323 e.